The lowest BCUT2D eigenvalue weighted by Crippen LogP contribution is -2.13. The second-order valence-electron chi connectivity index (χ2n) is 3.40. The second-order valence-corrected chi connectivity index (χ2v) is 3.40. The zero-order chi connectivity index (χ0) is 14.4. The van der Waals surface area contributed by atoms with Crippen molar-refractivity contribution in [1.82, 2.24) is 0 Å². The van der Waals surface area contributed by atoms with Crippen LogP contribution in [-0.4, -0.2) is 39.4 Å². The maximum absolute atomic E-state index is 11.5. The molecule has 0 saturated carbocycles. The first-order chi connectivity index (χ1) is 9.01. The van der Waals surface area contributed by atoms with Crippen LogP contribution in [0.2, 0.25) is 0 Å². The molecule has 0 radical (unpaired) electrons. The Morgan fingerprint density at radius 2 is 1.32 bits per heavy atom. The van der Waals surface area contributed by atoms with Gasteiger partial charge >= 0.3 is 18.0 Å². The van der Waals surface area contributed by atoms with Gasteiger partial charge in [0.25, 0.3) is 0 Å². The molecule has 1 N–H and O–H groups in total. The summed E-state index contributed by atoms with van der Waals surface area (Å²) < 4.78 is 13.5. The monoisotopic (exact) mass is 267 g/mol. The number of hydrogen-bond donors (Lipinski definition) is 1. The fourth-order valence-corrected chi connectivity index (χ4v) is 1.34. The van der Waals surface area contributed by atoms with E-state index < -0.39 is 18.0 Å². The summed E-state index contributed by atoms with van der Waals surface area (Å²) in [5.74, 6) is -1.28. The van der Waals surface area contributed by atoms with Crippen LogP contribution >= 0.6 is 0 Å². The van der Waals surface area contributed by atoms with Crippen LogP contribution in [0.4, 0.5) is 10.5 Å². The molecule has 7 heteroatoms. The van der Waals surface area contributed by atoms with Crippen molar-refractivity contribution in [3.63, 3.8) is 0 Å². The van der Waals surface area contributed by atoms with Crippen LogP contribution < -0.4 is 5.32 Å². The molecule has 0 saturated heterocycles. The molecular weight excluding hydrogens is 254 g/mol. The van der Waals surface area contributed by atoms with Crippen LogP contribution in [0.25, 0.3) is 0 Å². The minimum absolute atomic E-state index is 0.108. The molecule has 0 atom stereocenters. The molecule has 0 aromatic heterocycles. The van der Waals surface area contributed by atoms with E-state index in [0.29, 0.717) is 0 Å². The molecule has 102 valence electrons. The van der Waals surface area contributed by atoms with Crippen molar-refractivity contribution in [1.29, 1.82) is 0 Å². The summed E-state index contributed by atoms with van der Waals surface area (Å²) in [5.41, 5.74) is 0.434. The van der Waals surface area contributed by atoms with Gasteiger partial charge in [-0.25, -0.2) is 14.4 Å². The molecule has 0 bridgehead atoms. The lowest BCUT2D eigenvalue weighted by Gasteiger charge is -2.08. The molecular formula is C12H13NO6. The van der Waals surface area contributed by atoms with E-state index in [1.165, 1.54) is 39.5 Å². The molecule has 0 unspecified atom stereocenters. The van der Waals surface area contributed by atoms with Gasteiger partial charge in [-0.2, -0.15) is 0 Å². The zero-order valence-corrected chi connectivity index (χ0v) is 10.7. The molecule has 1 aromatic rings. The average Bonchev–Trinajstić information content (AvgIpc) is 2.44. The first-order valence-electron chi connectivity index (χ1n) is 5.18. The molecule has 0 aliphatic heterocycles. The minimum Gasteiger partial charge on any atom is -0.465 e. The number of amides is 1. The van der Waals surface area contributed by atoms with Crippen LogP contribution in [0.1, 0.15) is 20.7 Å². The fourth-order valence-electron chi connectivity index (χ4n) is 1.34. The highest BCUT2D eigenvalue weighted by molar-refractivity contribution is 5.98. The lowest BCUT2D eigenvalue weighted by molar-refractivity contribution is 0.0599. The van der Waals surface area contributed by atoms with E-state index in [9.17, 15) is 14.4 Å². The molecule has 0 aliphatic rings. The van der Waals surface area contributed by atoms with Crippen molar-refractivity contribution < 1.29 is 28.6 Å². The van der Waals surface area contributed by atoms with Gasteiger partial charge in [0.15, 0.2) is 0 Å². The van der Waals surface area contributed by atoms with E-state index in [4.69, 9.17) is 0 Å². The summed E-state index contributed by atoms with van der Waals surface area (Å²) in [5, 5.41) is 2.35. The van der Waals surface area contributed by atoms with Crippen molar-refractivity contribution in [3.05, 3.63) is 29.3 Å². The number of rotatable bonds is 3. The molecule has 19 heavy (non-hydrogen) atoms. The number of esters is 2. The first-order valence-corrected chi connectivity index (χ1v) is 5.18. The second kappa shape index (κ2) is 6.39. The van der Waals surface area contributed by atoms with Gasteiger partial charge in [0.05, 0.1) is 32.5 Å². The molecule has 0 fully saturated rings. The van der Waals surface area contributed by atoms with Crippen LogP contribution in [0.3, 0.4) is 0 Å². The van der Waals surface area contributed by atoms with E-state index in [1.54, 1.807) is 0 Å². The zero-order valence-electron chi connectivity index (χ0n) is 10.7. The number of carbonyl (C=O) groups excluding carboxylic acids is 3. The van der Waals surface area contributed by atoms with E-state index >= 15 is 0 Å². The Morgan fingerprint density at radius 3 is 1.68 bits per heavy atom. The minimum atomic E-state index is -0.724. The van der Waals surface area contributed by atoms with Gasteiger partial charge in [0, 0.05) is 5.69 Å². The average molecular weight is 267 g/mol. The molecule has 1 rings (SSSR count). The Hall–Kier alpha value is -2.57. The number of carbonyl (C=O) groups is 3. The smallest absolute Gasteiger partial charge is 0.411 e. The Labute approximate surface area is 109 Å². The van der Waals surface area contributed by atoms with Gasteiger partial charge in [-0.1, -0.05) is 0 Å². The molecule has 0 aliphatic carbocycles. The Kier molecular flexibility index (Phi) is 4.87. The maximum atomic E-state index is 11.5. The Morgan fingerprint density at radius 1 is 0.842 bits per heavy atom. The normalized spacial score (nSPS) is 9.42. The van der Waals surface area contributed by atoms with E-state index in [-0.39, 0.29) is 16.8 Å². The SMILES string of the molecule is COC(=O)Nc1cc(C(=O)OC)cc(C(=O)OC)c1. The topological polar surface area (TPSA) is 90.9 Å². The van der Waals surface area contributed by atoms with Gasteiger partial charge in [-0.05, 0) is 18.2 Å². The highest BCUT2D eigenvalue weighted by Crippen LogP contribution is 2.17. The molecule has 1 aromatic carbocycles. The van der Waals surface area contributed by atoms with Gasteiger partial charge in [-0.3, -0.25) is 5.32 Å². The van der Waals surface area contributed by atoms with Crippen molar-refractivity contribution in [2.45, 2.75) is 0 Å². The van der Waals surface area contributed by atoms with Gasteiger partial charge in [0.1, 0.15) is 0 Å². The summed E-state index contributed by atoms with van der Waals surface area (Å²) in [6, 6.07) is 4.02. The number of anilines is 1. The number of methoxy groups -OCH3 is 3. The summed E-state index contributed by atoms with van der Waals surface area (Å²) in [4.78, 5) is 34.0. The standard InChI is InChI=1S/C12H13NO6/c1-17-10(14)7-4-8(11(15)18-2)6-9(5-7)13-12(16)19-3/h4-6H,1-3H3,(H,13,16). The fraction of sp³-hybridized carbons (Fsp3) is 0.250. The Bertz CT molecular complexity index is 477. The van der Waals surface area contributed by atoms with E-state index in [2.05, 4.69) is 19.5 Å². The summed E-state index contributed by atoms with van der Waals surface area (Å²) in [6.07, 6.45) is -0.724. The predicted molar refractivity (Wildman–Crippen MR) is 65.1 cm³/mol. The summed E-state index contributed by atoms with van der Waals surface area (Å²) in [6.45, 7) is 0. The largest absolute Gasteiger partial charge is 0.465 e. The third kappa shape index (κ3) is 3.70. The third-order valence-corrected chi connectivity index (χ3v) is 2.21. The first kappa shape index (κ1) is 14.5. The maximum Gasteiger partial charge on any atom is 0.411 e. The molecule has 1 amide bonds. The van der Waals surface area contributed by atoms with E-state index in [1.807, 2.05) is 0 Å². The summed E-state index contributed by atoms with van der Waals surface area (Å²) in [7, 11) is 3.61. The van der Waals surface area contributed by atoms with Crippen molar-refractivity contribution in [3.8, 4) is 0 Å². The van der Waals surface area contributed by atoms with Gasteiger partial charge in [-0.15, -0.1) is 0 Å². The molecule has 0 heterocycles. The quantitative estimate of drug-likeness (QED) is 0.658. The summed E-state index contributed by atoms with van der Waals surface area (Å²) >= 11 is 0. The number of ether oxygens (including phenoxy) is 3. The van der Waals surface area contributed by atoms with Crippen molar-refractivity contribution in [2.24, 2.45) is 0 Å². The van der Waals surface area contributed by atoms with Gasteiger partial charge in [0.2, 0.25) is 0 Å². The molecule has 0 spiro atoms. The molecule has 7 nitrogen and oxygen atoms in total. The highest BCUT2D eigenvalue weighted by Gasteiger charge is 2.14. The third-order valence-electron chi connectivity index (χ3n) is 2.21. The van der Waals surface area contributed by atoms with Crippen LogP contribution in [0.5, 0.6) is 0 Å². The predicted octanol–water partition coefficient (Wildman–Crippen LogP) is 1.44. The van der Waals surface area contributed by atoms with Gasteiger partial charge < -0.3 is 14.2 Å². The highest BCUT2D eigenvalue weighted by atomic mass is 16.5. The number of hydrogen-bond acceptors (Lipinski definition) is 6. The number of nitrogens with one attached hydrogen (secondary N) is 1. The lowest BCUT2D eigenvalue weighted by atomic mass is 10.1. The van der Waals surface area contributed by atoms with E-state index in [0.717, 1.165) is 0 Å². The van der Waals surface area contributed by atoms with Crippen LogP contribution in [0, 0.1) is 0 Å². The Balaban J connectivity index is 3.19. The van der Waals surface area contributed by atoms with Crippen molar-refractivity contribution in [2.75, 3.05) is 26.6 Å². The number of benzene rings is 1. The van der Waals surface area contributed by atoms with Crippen LogP contribution in [-0.2, 0) is 14.2 Å². The van der Waals surface area contributed by atoms with Crippen molar-refractivity contribution >= 4 is 23.7 Å². The van der Waals surface area contributed by atoms with Crippen LogP contribution in [0.15, 0.2) is 18.2 Å².